The van der Waals surface area contributed by atoms with E-state index in [0.717, 1.165) is 42.4 Å². The average molecular weight is 312 g/mol. The Kier molecular flexibility index (Phi) is 3.64. The Bertz CT molecular complexity index is 723. The minimum Gasteiger partial charge on any atom is -0.381 e. The Morgan fingerprint density at radius 2 is 2.13 bits per heavy atom. The fourth-order valence-electron chi connectivity index (χ4n) is 4.69. The van der Waals surface area contributed by atoms with Gasteiger partial charge in [0.1, 0.15) is 0 Å². The normalized spacial score (nSPS) is 27.9. The van der Waals surface area contributed by atoms with Crippen molar-refractivity contribution >= 4 is 16.8 Å². The van der Waals surface area contributed by atoms with Crippen LogP contribution in [0.2, 0.25) is 0 Å². The van der Waals surface area contributed by atoms with Gasteiger partial charge in [0.15, 0.2) is 0 Å². The van der Waals surface area contributed by atoms with Crippen molar-refractivity contribution in [2.75, 3.05) is 20.2 Å². The van der Waals surface area contributed by atoms with Crippen LogP contribution in [0.15, 0.2) is 30.5 Å². The highest BCUT2D eigenvalue weighted by atomic mass is 16.5. The minimum absolute atomic E-state index is 0.156. The van der Waals surface area contributed by atoms with Gasteiger partial charge in [-0.25, -0.2) is 0 Å². The van der Waals surface area contributed by atoms with Crippen LogP contribution in [0, 0.1) is 5.41 Å². The molecule has 122 valence electrons. The van der Waals surface area contributed by atoms with Gasteiger partial charge in [0, 0.05) is 42.7 Å². The van der Waals surface area contributed by atoms with E-state index in [4.69, 9.17) is 4.74 Å². The first-order valence-electron chi connectivity index (χ1n) is 8.62. The molecule has 1 amide bonds. The third-order valence-corrected chi connectivity index (χ3v) is 5.82. The number of hydrogen-bond acceptors (Lipinski definition) is 2. The zero-order valence-electron chi connectivity index (χ0n) is 13.7. The summed E-state index contributed by atoms with van der Waals surface area (Å²) in [5.41, 5.74) is 2.00. The fourth-order valence-corrected chi connectivity index (χ4v) is 4.69. The maximum absolute atomic E-state index is 13.1. The standard InChI is InChI=1S/C19H24N2O2/c1-23-17-8-4-9-19(17)10-5-11-21(13-19)18(22)15-12-20-16-7-3-2-6-14(15)16/h2-3,6-7,12,17,20H,4-5,8-11,13H2,1H3/t17-,19+/m1/s1. The van der Waals surface area contributed by atoms with Gasteiger partial charge in [-0.05, 0) is 31.7 Å². The van der Waals surface area contributed by atoms with E-state index in [-0.39, 0.29) is 11.3 Å². The third kappa shape index (κ3) is 2.36. The zero-order chi connectivity index (χ0) is 15.9. The number of H-pyrrole nitrogens is 1. The summed E-state index contributed by atoms with van der Waals surface area (Å²) in [5, 5.41) is 1.02. The molecule has 1 saturated heterocycles. The summed E-state index contributed by atoms with van der Waals surface area (Å²) in [7, 11) is 1.82. The number of ether oxygens (including phenoxy) is 1. The molecule has 2 atom stereocenters. The van der Waals surface area contributed by atoms with Gasteiger partial charge < -0.3 is 14.6 Å². The van der Waals surface area contributed by atoms with Gasteiger partial charge >= 0.3 is 0 Å². The number of carbonyl (C=O) groups excluding carboxylic acids is 1. The van der Waals surface area contributed by atoms with Crippen molar-refractivity contribution in [1.82, 2.24) is 9.88 Å². The maximum atomic E-state index is 13.1. The second-order valence-corrected chi connectivity index (χ2v) is 7.06. The summed E-state index contributed by atoms with van der Waals surface area (Å²) in [6, 6.07) is 8.02. The summed E-state index contributed by atoms with van der Waals surface area (Å²) in [6.45, 7) is 1.69. The van der Waals surface area contributed by atoms with E-state index in [2.05, 4.69) is 9.88 Å². The molecule has 1 N–H and O–H groups in total. The number of piperidine rings is 1. The molecule has 0 bridgehead atoms. The molecule has 1 aromatic carbocycles. The molecule has 2 aromatic rings. The average Bonchev–Trinajstić information content (AvgIpc) is 3.18. The fraction of sp³-hybridized carbons (Fsp3) is 0.526. The molecular weight excluding hydrogens is 288 g/mol. The van der Waals surface area contributed by atoms with E-state index in [1.807, 2.05) is 37.6 Å². The number of amides is 1. The van der Waals surface area contributed by atoms with E-state index in [9.17, 15) is 4.79 Å². The molecule has 2 fully saturated rings. The topological polar surface area (TPSA) is 45.3 Å². The summed E-state index contributed by atoms with van der Waals surface area (Å²) in [4.78, 5) is 18.3. The molecule has 1 spiro atoms. The third-order valence-electron chi connectivity index (χ3n) is 5.82. The van der Waals surface area contributed by atoms with Crippen LogP contribution in [0.3, 0.4) is 0 Å². The van der Waals surface area contributed by atoms with Gasteiger partial charge in [-0.1, -0.05) is 24.6 Å². The number of aromatic nitrogens is 1. The summed E-state index contributed by atoms with van der Waals surface area (Å²) >= 11 is 0. The summed E-state index contributed by atoms with van der Waals surface area (Å²) in [6.07, 6.45) is 7.96. The van der Waals surface area contributed by atoms with Gasteiger partial charge in [0.2, 0.25) is 0 Å². The number of likely N-dealkylation sites (tertiary alicyclic amines) is 1. The number of fused-ring (bicyclic) bond motifs is 1. The number of nitrogens with zero attached hydrogens (tertiary/aromatic N) is 1. The van der Waals surface area contributed by atoms with Crippen molar-refractivity contribution in [3.8, 4) is 0 Å². The van der Waals surface area contributed by atoms with Crippen LogP contribution in [0.4, 0.5) is 0 Å². The van der Waals surface area contributed by atoms with E-state index < -0.39 is 0 Å². The molecule has 1 aliphatic heterocycles. The first-order valence-corrected chi connectivity index (χ1v) is 8.62. The second kappa shape index (κ2) is 5.68. The molecule has 1 aromatic heterocycles. The number of benzene rings is 1. The monoisotopic (exact) mass is 312 g/mol. The molecular formula is C19H24N2O2. The molecule has 2 aliphatic rings. The molecule has 0 unspecified atom stereocenters. The number of nitrogens with one attached hydrogen (secondary N) is 1. The molecule has 23 heavy (non-hydrogen) atoms. The van der Waals surface area contributed by atoms with E-state index in [0.29, 0.717) is 6.10 Å². The number of methoxy groups -OCH3 is 1. The van der Waals surface area contributed by atoms with Crippen LogP contribution >= 0.6 is 0 Å². The van der Waals surface area contributed by atoms with Gasteiger partial charge in [-0.2, -0.15) is 0 Å². The highest BCUT2D eigenvalue weighted by molar-refractivity contribution is 6.06. The molecule has 1 saturated carbocycles. The quantitative estimate of drug-likeness (QED) is 0.921. The van der Waals surface area contributed by atoms with Gasteiger partial charge in [-0.3, -0.25) is 4.79 Å². The minimum atomic E-state index is 0.156. The number of para-hydroxylation sites is 1. The first-order chi connectivity index (χ1) is 11.2. The number of rotatable bonds is 2. The molecule has 4 nitrogen and oxygen atoms in total. The lowest BCUT2D eigenvalue weighted by atomic mass is 9.76. The Labute approximate surface area is 136 Å². The first kappa shape index (κ1) is 14.8. The summed E-state index contributed by atoms with van der Waals surface area (Å²) < 4.78 is 5.75. The SMILES string of the molecule is CO[C@@H]1CCC[C@@]12CCCN(C(=O)c1c[nH]c3ccccc13)C2. The molecule has 0 radical (unpaired) electrons. The van der Waals surface area contributed by atoms with Gasteiger partial charge in [-0.15, -0.1) is 0 Å². The van der Waals surface area contributed by atoms with Crippen molar-refractivity contribution in [2.24, 2.45) is 5.41 Å². The lowest BCUT2D eigenvalue weighted by Gasteiger charge is -2.43. The number of carbonyl (C=O) groups is 1. The Hall–Kier alpha value is -1.81. The van der Waals surface area contributed by atoms with Crippen LogP contribution in [0.25, 0.3) is 10.9 Å². The van der Waals surface area contributed by atoms with Crippen molar-refractivity contribution in [3.05, 3.63) is 36.0 Å². The molecule has 2 heterocycles. The van der Waals surface area contributed by atoms with Crippen molar-refractivity contribution in [2.45, 2.75) is 38.2 Å². The van der Waals surface area contributed by atoms with Crippen molar-refractivity contribution in [1.29, 1.82) is 0 Å². The number of hydrogen-bond donors (Lipinski definition) is 1. The van der Waals surface area contributed by atoms with Gasteiger partial charge in [0.05, 0.1) is 11.7 Å². The lowest BCUT2D eigenvalue weighted by Crippen LogP contribution is -2.49. The second-order valence-electron chi connectivity index (χ2n) is 7.06. The van der Waals surface area contributed by atoms with E-state index in [1.54, 1.807) is 0 Å². The molecule has 4 rings (SSSR count). The lowest BCUT2D eigenvalue weighted by molar-refractivity contribution is -0.0295. The molecule has 4 heteroatoms. The van der Waals surface area contributed by atoms with Gasteiger partial charge in [0.25, 0.3) is 5.91 Å². The van der Waals surface area contributed by atoms with Crippen LogP contribution in [0.1, 0.15) is 42.5 Å². The van der Waals surface area contributed by atoms with Crippen LogP contribution < -0.4 is 0 Å². The molecule has 1 aliphatic carbocycles. The Morgan fingerprint density at radius 3 is 3.00 bits per heavy atom. The van der Waals surface area contributed by atoms with Crippen molar-refractivity contribution in [3.63, 3.8) is 0 Å². The summed E-state index contributed by atoms with van der Waals surface area (Å²) in [5.74, 6) is 0.156. The highest BCUT2D eigenvalue weighted by Crippen LogP contribution is 2.46. The van der Waals surface area contributed by atoms with Crippen LogP contribution in [-0.4, -0.2) is 42.1 Å². The Balaban J connectivity index is 1.61. The van der Waals surface area contributed by atoms with E-state index >= 15 is 0 Å². The zero-order valence-corrected chi connectivity index (χ0v) is 13.7. The smallest absolute Gasteiger partial charge is 0.256 e. The van der Waals surface area contributed by atoms with Crippen molar-refractivity contribution < 1.29 is 9.53 Å². The largest absolute Gasteiger partial charge is 0.381 e. The predicted octanol–water partition coefficient (Wildman–Crippen LogP) is 3.59. The Morgan fingerprint density at radius 1 is 1.30 bits per heavy atom. The highest BCUT2D eigenvalue weighted by Gasteiger charge is 2.46. The number of aromatic amines is 1. The van der Waals surface area contributed by atoms with Crippen LogP contribution in [0.5, 0.6) is 0 Å². The van der Waals surface area contributed by atoms with E-state index in [1.165, 1.54) is 19.3 Å². The maximum Gasteiger partial charge on any atom is 0.256 e. The predicted molar refractivity (Wildman–Crippen MR) is 90.5 cm³/mol. The van der Waals surface area contributed by atoms with Crippen LogP contribution in [-0.2, 0) is 4.74 Å².